The van der Waals surface area contributed by atoms with Gasteiger partial charge in [-0.2, -0.15) is 0 Å². The van der Waals surface area contributed by atoms with Crippen molar-refractivity contribution < 1.29 is 20.4 Å². The third-order valence-electron chi connectivity index (χ3n) is 2.26. The van der Waals surface area contributed by atoms with E-state index in [1.165, 1.54) is 36.4 Å². The Hall–Kier alpha value is -2.56. The summed E-state index contributed by atoms with van der Waals surface area (Å²) in [4.78, 5) is 0. The van der Waals surface area contributed by atoms with Gasteiger partial charge in [0, 0.05) is 6.07 Å². The zero-order valence-corrected chi connectivity index (χ0v) is 8.75. The maximum atomic E-state index is 9.56. The molecule has 0 aliphatic carbocycles. The summed E-state index contributed by atoms with van der Waals surface area (Å²) in [6.07, 6.45) is 0. The van der Waals surface area contributed by atoms with Crippen LogP contribution in [0.5, 0.6) is 23.0 Å². The minimum Gasteiger partial charge on any atom is -0.508 e. The van der Waals surface area contributed by atoms with Crippen LogP contribution in [0.2, 0.25) is 0 Å². The van der Waals surface area contributed by atoms with Gasteiger partial charge in [0.05, 0.1) is 11.4 Å². The first-order valence-electron chi connectivity index (χ1n) is 4.88. The number of phenols is 4. The highest BCUT2D eigenvalue weighted by atomic mass is 16.3. The first-order valence-corrected chi connectivity index (χ1v) is 4.88. The summed E-state index contributed by atoms with van der Waals surface area (Å²) in [6.45, 7) is 0. The van der Waals surface area contributed by atoms with E-state index in [0.29, 0.717) is 0 Å². The van der Waals surface area contributed by atoms with Gasteiger partial charge in [0.25, 0.3) is 0 Å². The van der Waals surface area contributed by atoms with Crippen LogP contribution in [0.15, 0.2) is 36.4 Å². The molecule has 0 spiro atoms. The first kappa shape index (κ1) is 10.9. The van der Waals surface area contributed by atoms with E-state index in [2.05, 4.69) is 5.32 Å². The second-order valence-electron chi connectivity index (χ2n) is 3.50. The number of hydrogen-bond donors (Lipinski definition) is 5. The van der Waals surface area contributed by atoms with Gasteiger partial charge in [0.2, 0.25) is 0 Å². The molecule has 2 aromatic carbocycles. The van der Waals surface area contributed by atoms with Crippen molar-refractivity contribution in [1.29, 1.82) is 0 Å². The molecule has 17 heavy (non-hydrogen) atoms. The monoisotopic (exact) mass is 233 g/mol. The lowest BCUT2D eigenvalue weighted by atomic mass is 10.2. The summed E-state index contributed by atoms with van der Waals surface area (Å²) in [6, 6.07) is 8.36. The van der Waals surface area contributed by atoms with Crippen LogP contribution in [0.1, 0.15) is 0 Å². The summed E-state index contributed by atoms with van der Waals surface area (Å²) >= 11 is 0. The number of benzene rings is 2. The van der Waals surface area contributed by atoms with Crippen molar-refractivity contribution in [2.24, 2.45) is 0 Å². The molecule has 0 atom stereocenters. The summed E-state index contributed by atoms with van der Waals surface area (Å²) in [5, 5.41) is 40.4. The fourth-order valence-corrected chi connectivity index (χ4v) is 1.40. The number of rotatable bonds is 2. The molecule has 0 fully saturated rings. The van der Waals surface area contributed by atoms with Crippen LogP contribution < -0.4 is 5.32 Å². The lowest BCUT2D eigenvalue weighted by Crippen LogP contribution is -1.91. The van der Waals surface area contributed by atoms with E-state index in [0.717, 1.165) is 0 Å². The Bertz CT molecular complexity index is 554. The van der Waals surface area contributed by atoms with Crippen molar-refractivity contribution >= 4 is 11.4 Å². The van der Waals surface area contributed by atoms with Crippen LogP contribution in [-0.4, -0.2) is 20.4 Å². The predicted molar refractivity (Wildman–Crippen MR) is 62.8 cm³/mol. The van der Waals surface area contributed by atoms with Gasteiger partial charge in [-0.25, -0.2) is 0 Å². The van der Waals surface area contributed by atoms with Crippen molar-refractivity contribution in [3.8, 4) is 23.0 Å². The number of para-hydroxylation sites is 1. The van der Waals surface area contributed by atoms with E-state index in [1.807, 2.05) is 0 Å². The average molecular weight is 233 g/mol. The van der Waals surface area contributed by atoms with Crippen molar-refractivity contribution in [3.63, 3.8) is 0 Å². The van der Waals surface area contributed by atoms with Gasteiger partial charge in [-0.3, -0.25) is 0 Å². The topological polar surface area (TPSA) is 93.0 Å². The van der Waals surface area contributed by atoms with E-state index >= 15 is 0 Å². The molecule has 0 aliphatic heterocycles. The van der Waals surface area contributed by atoms with Gasteiger partial charge in [0.15, 0.2) is 11.5 Å². The van der Waals surface area contributed by atoms with Crippen LogP contribution in [0.3, 0.4) is 0 Å². The average Bonchev–Trinajstić information content (AvgIpc) is 2.30. The highest BCUT2D eigenvalue weighted by Crippen LogP contribution is 2.37. The number of phenolic OH excluding ortho intramolecular Hbond substituents is 4. The van der Waals surface area contributed by atoms with Crippen molar-refractivity contribution in [2.75, 3.05) is 5.32 Å². The summed E-state index contributed by atoms with van der Waals surface area (Å²) in [5.41, 5.74) is 0.455. The second-order valence-corrected chi connectivity index (χ2v) is 3.50. The lowest BCUT2D eigenvalue weighted by molar-refractivity contribution is 0.405. The molecule has 0 saturated heterocycles. The molecule has 2 rings (SSSR count). The van der Waals surface area contributed by atoms with Crippen LogP contribution in [0.25, 0.3) is 0 Å². The van der Waals surface area contributed by atoms with Gasteiger partial charge in [-0.1, -0.05) is 6.07 Å². The number of aromatic hydroxyl groups is 4. The van der Waals surface area contributed by atoms with E-state index in [4.69, 9.17) is 0 Å². The van der Waals surface area contributed by atoms with Gasteiger partial charge in [-0.05, 0) is 24.3 Å². The summed E-state index contributed by atoms with van der Waals surface area (Å²) in [7, 11) is 0. The van der Waals surface area contributed by atoms with Crippen LogP contribution in [-0.2, 0) is 0 Å². The fraction of sp³-hybridized carbons (Fsp3) is 0. The van der Waals surface area contributed by atoms with Gasteiger partial charge < -0.3 is 25.7 Å². The maximum Gasteiger partial charge on any atom is 0.181 e. The van der Waals surface area contributed by atoms with Gasteiger partial charge in [0.1, 0.15) is 11.5 Å². The van der Waals surface area contributed by atoms with Crippen molar-refractivity contribution in [2.45, 2.75) is 0 Å². The summed E-state index contributed by atoms with van der Waals surface area (Å²) < 4.78 is 0. The summed E-state index contributed by atoms with van der Waals surface area (Å²) in [5.74, 6) is -0.694. The van der Waals surface area contributed by atoms with E-state index in [9.17, 15) is 20.4 Å². The molecule has 0 bridgehead atoms. The molecule has 0 unspecified atom stereocenters. The Labute approximate surface area is 97.2 Å². The third-order valence-corrected chi connectivity index (χ3v) is 2.26. The minimum atomic E-state index is -0.324. The first-order chi connectivity index (χ1) is 8.08. The van der Waals surface area contributed by atoms with Gasteiger partial charge in [-0.15, -0.1) is 0 Å². The normalized spacial score (nSPS) is 10.1. The molecule has 2 aromatic rings. The molecule has 5 N–H and O–H groups in total. The van der Waals surface area contributed by atoms with Crippen LogP contribution >= 0.6 is 0 Å². The predicted octanol–water partition coefficient (Wildman–Crippen LogP) is 2.25. The van der Waals surface area contributed by atoms with Crippen molar-refractivity contribution in [3.05, 3.63) is 36.4 Å². The standard InChI is InChI=1S/C12H11NO4/c14-7-4-5-10(15)9(6-7)13-8-2-1-3-11(16)12(8)17/h1-6,13-17H. The fourth-order valence-electron chi connectivity index (χ4n) is 1.40. The Kier molecular flexibility index (Phi) is 2.66. The molecule has 5 nitrogen and oxygen atoms in total. The Balaban J connectivity index is 2.38. The highest BCUT2D eigenvalue weighted by molar-refractivity contribution is 5.73. The van der Waals surface area contributed by atoms with Crippen molar-refractivity contribution in [1.82, 2.24) is 0 Å². The quantitative estimate of drug-likeness (QED) is 0.405. The van der Waals surface area contributed by atoms with Crippen LogP contribution in [0, 0.1) is 0 Å². The number of anilines is 2. The molecule has 88 valence electrons. The molecule has 0 saturated carbocycles. The maximum absolute atomic E-state index is 9.56. The highest BCUT2D eigenvalue weighted by Gasteiger charge is 2.08. The molecule has 5 heteroatoms. The smallest absolute Gasteiger partial charge is 0.181 e. The second kappa shape index (κ2) is 4.13. The van der Waals surface area contributed by atoms with E-state index in [-0.39, 0.29) is 34.4 Å². The molecule has 0 aliphatic rings. The largest absolute Gasteiger partial charge is 0.508 e. The Morgan fingerprint density at radius 3 is 2.29 bits per heavy atom. The van der Waals surface area contributed by atoms with Gasteiger partial charge >= 0.3 is 0 Å². The molecule has 0 radical (unpaired) electrons. The molecule has 0 heterocycles. The third kappa shape index (κ3) is 2.17. The van der Waals surface area contributed by atoms with E-state index < -0.39 is 0 Å². The Morgan fingerprint density at radius 2 is 1.53 bits per heavy atom. The number of hydrogen-bond acceptors (Lipinski definition) is 5. The minimum absolute atomic E-state index is 0.0232. The SMILES string of the molecule is Oc1ccc(O)c(Nc2cccc(O)c2O)c1. The zero-order valence-electron chi connectivity index (χ0n) is 8.75. The molecular weight excluding hydrogens is 222 g/mol. The molecular formula is C12H11NO4. The molecule has 0 amide bonds. The van der Waals surface area contributed by atoms with E-state index in [1.54, 1.807) is 0 Å². The zero-order chi connectivity index (χ0) is 12.4. The lowest BCUT2D eigenvalue weighted by Gasteiger charge is -2.10. The van der Waals surface area contributed by atoms with Crippen LogP contribution in [0.4, 0.5) is 11.4 Å². The molecule has 0 aromatic heterocycles. The Morgan fingerprint density at radius 1 is 0.765 bits per heavy atom. The number of nitrogens with one attached hydrogen (secondary N) is 1.